The van der Waals surface area contributed by atoms with E-state index in [1.54, 1.807) is 12.3 Å². The predicted octanol–water partition coefficient (Wildman–Crippen LogP) is 2.19. The van der Waals surface area contributed by atoms with Crippen LogP contribution >= 0.6 is 11.6 Å². The molecule has 0 bridgehead atoms. The number of fused-ring (bicyclic) bond motifs is 1. The van der Waals surface area contributed by atoms with Gasteiger partial charge in [0.15, 0.2) is 12.0 Å². The average Bonchev–Trinajstić information content (AvgIpc) is 3.21. The summed E-state index contributed by atoms with van der Waals surface area (Å²) in [5.74, 6) is -0.161. The minimum Gasteiger partial charge on any atom is -0.383 e. The zero-order chi connectivity index (χ0) is 17.9. The van der Waals surface area contributed by atoms with Gasteiger partial charge >= 0.3 is 5.69 Å². The Morgan fingerprint density at radius 2 is 2.12 bits per heavy atom. The number of aromatic nitrogens is 2. The van der Waals surface area contributed by atoms with Crippen molar-refractivity contribution < 1.29 is 14.2 Å². The van der Waals surface area contributed by atoms with E-state index >= 15 is 0 Å². The van der Waals surface area contributed by atoms with Gasteiger partial charge in [-0.25, -0.2) is 4.79 Å². The van der Waals surface area contributed by atoms with Gasteiger partial charge < -0.3 is 19.9 Å². The van der Waals surface area contributed by atoms with Crippen molar-refractivity contribution in [3.8, 4) is 0 Å². The van der Waals surface area contributed by atoms with E-state index < -0.39 is 28.9 Å². The fourth-order valence-corrected chi connectivity index (χ4v) is 4.95. The van der Waals surface area contributed by atoms with Crippen LogP contribution in [0.25, 0.3) is 0 Å². The molecule has 1 saturated carbocycles. The highest BCUT2D eigenvalue weighted by Crippen LogP contribution is 2.59. The van der Waals surface area contributed by atoms with E-state index in [1.807, 2.05) is 13.8 Å². The molecule has 1 spiro atoms. The molecule has 0 radical (unpaired) electrons. The Labute approximate surface area is 151 Å². The van der Waals surface area contributed by atoms with Crippen LogP contribution in [0.3, 0.4) is 0 Å². The molecule has 3 fully saturated rings. The Bertz CT molecular complexity index is 729. The lowest BCUT2D eigenvalue weighted by atomic mass is 9.87. The number of hydrogen-bond donors (Lipinski definition) is 1. The van der Waals surface area contributed by atoms with Crippen molar-refractivity contribution in [3.63, 3.8) is 0 Å². The maximum absolute atomic E-state index is 12.4. The van der Waals surface area contributed by atoms with E-state index in [2.05, 4.69) is 4.98 Å². The lowest BCUT2D eigenvalue weighted by molar-refractivity contribution is -0.244. The third-order valence-corrected chi connectivity index (χ3v) is 6.32. The van der Waals surface area contributed by atoms with Crippen LogP contribution < -0.4 is 11.4 Å². The lowest BCUT2D eigenvalue weighted by Crippen LogP contribution is -2.48. The number of nitrogen functional groups attached to an aromatic ring is 1. The lowest BCUT2D eigenvalue weighted by Gasteiger charge is -2.33. The van der Waals surface area contributed by atoms with Crippen molar-refractivity contribution in [1.82, 2.24) is 9.55 Å². The number of halogens is 1. The quantitative estimate of drug-likeness (QED) is 0.821. The number of rotatable bonds is 3. The number of nitrogens with zero attached hydrogens (tertiary/aromatic N) is 2. The molecule has 0 amide bonds. The summed E-state index contributed by atoms with van der Waals surface area (Å²) in [6.07, 6.45) is 5.07. The van der Waals surface area contributed by atoms with Gasteiger partial charge in [0, 0.05) is 19.0 Å². The molecule has 25 heavy (non-hydrogen) atoms. The first-order chi connectivity index (χ1) is 11.9. The largest absolute Gasteiger partial charge is 0.383 e. The van der Waals surface area contributed by atoms with Gasteiger partial charge in [-0.1, -0.05) is 6.92 Å². The van der Waals surface area contributed by atoms with Crippen molar-refractivity contribution in [2.75, 3.05) is 11.6 Å². The smallest absolute Gasteiger partial charge is 0.351 e. The standard InChI is InChI=1S/C17H24ClN3O4/c1-3-16(10-18)12-15(2,25-17(23-12)7-4-5-8-17)13(24-16)21-9-6-11(19)20-14(21)22/h6,9,12-13H,3-5,7-8,10H2,1-2H3,(H2,19,20,22)/t12-,13+,15+,16-/m0/s1. The predicted molar refractivity (Wildman–Crippen MR) is 92.3 cm³/mol. The Hall–Kier alpha value is -1.15. The molecule has 4 rings (SSSR count). The van der Waals surface area contributed by atoms with Crippen LogP contribution in [0.5, 0.6) is 0 Å². The van der Waals surface area contributed by atoms with Gasteiger partial charge in [-0.05, 0) is 32.3 Å². The number of nitrogens with two attached hydrogens (primary N) is 1. The SMILES string of the molecule is CC[C@@]1(CCl)O[C@@H](n2ccc(N)nc2=O)[C@]2(C)OC3(CCCC3)O[C@H]12. The summed E-state index contributed by atoms with van der Waals surface area (Å²) in [6.45, 7) is 3.96. The maximum Gasteiger partial charge on any atom is 0.351 e. The molecule has 2 aliphatic heterocycles. The second-order valence-corrected chi connectivity index (χ2v) is 7.73. The van der Waals surface area contributed by atoms with E-state index in [0.717, 1.165) is 25.7 Å². The van der Waals surface area contributed by atoms with E-state index in [-0.39, 0.29) is 17.8 Å². The summed E-state index contributed by atoms with van der Waals surface area (Å²) < 4.78 is 20.7. The van der Waals surface area contributed by atoms with Gasteiger partial charge in [-0.15, -0.1) is 11.6 Å². The third-order valence-electron chi connectivity index (χ3n) is 5.87. The Morgan fingerprint density at radius 1 is 1.40 bits per heavy atom. The molecular formula is C17H24ClN3O4. The summed E-state index contributed by atoms with van der Waals surface area (Å²) in [7, 11) is 0. The molecule has 7 nitrogen and oxygen atoms in total. The van der Waals surface area contributed by atoms with Gasteiger partial charge in [0.05, 0.1) is 5.88 Å². The highest BCUT2D eigenvalue weighted by Gasteiger charge is 2.71. The van der Waals surface area contributed by atoms with E-state index in [9.17, 15) is 4.79 Å². The average molecular weight is 370 g/mol. The Kier molecular flexibility index (Phi) is 3.92. The maximum atomic E-state index is 12.4. The summed E-state index contributed by atoms with van der Waals surface area (Å²) in [5.41, 5.74) is 3.62. The molecule has 1 aromatic heterocycles. The first kappa shape index (κ1) is 17.3. The third kappa shape index (κ3) is 2.36. The molecule has 0 unspecified atom stereocenters. The van der Waals surface area contributed by atoms with E-state index in [0.29, 0.717) is 6.42 Å². The number of anilines is 1. The molecule has 1 aromatic rings. The minimum absolute atomic E-state index is 0.177. The summed E-state index contributed by atoms with van der Waals surface area (Å²) in [5, 5.41) is 0. The molecule has 138 valence electrons. The molecule has 8 heteroatoms. The zero-order valence-corrected chi connectivity index (χ0v) is 15.3. The highest BCUT2D eigenvalue weighted by atomic mass is 35.5. The van der Waals surface area contributed by atoms with Gasteiger partial charge in [-0.2, -0.15) is 4.98 Å². The molecule has 3 heterocycles. The first-order valence-corrected chi connectivity index (χ1v) is 9.38. The molecule has 2 N–H and O–H groups in total. The normalized spacial score (nSPS) is 39.2. The van der Waals surface area contributed by atoms with Crippen LogP contribution in [0.1, 0.15) is 52.2 Å². The van der Waals surface area contributed by atoms with Crippen molar-refractivity contribution in [1.29, 1.82) is 0 Å². The molecule has 4 atom stereocenters. The molecule has 0 aromatic carbocycles. The van der Waals surface area contributed by atoms with E-state index in [4.69, 9.17) is 31.5 Å². The monoisotopic (exact) mass is 369 g/mol. The van der Waals surface area contributed by atoms with E-state index in [1.165, 1.54) is 4.57 Å². The van der Waals surface area contributed by atoms with Crippen LogP contribution in [0.4, 0.5) is 5.82 Å². The van der Waals surface area contributed by atoms with Gasteiger partial charge in [0.1, 0.15) is 23.1 Å². The van der Waals surface area contributed by atoms with Crippen LogP contribution in [0, 0.1) is 0 Å². The van der Waals surface area contributed by atoms with Crippen LogP contribution in [-0.4, -0.2) is 38.5 Å². The number of alkyl halides is 1. The number of ether oxygens (including phenoxy) is 3. The summed E-state index contributed by atoms with van der Waals surface area (Å²) in [6, 6.07) is 1.58. The molecule has 1 aliphatic carbocycles. The topological polar surface area (TPSA) is 88.6 Å². The number of hydrogen-bond acceptors (Lipinski definition) is 6. The second-order valence-electron chi connectivity index (χ2n) is 7.47. The van der Waals surface area contributed by atoms with Crippen LogP contribution in [-0.2, 0) is 14.2 Å². The van der Waals surface area contributed by atoms with Crippen molar-refractivity contribution >= 4 is 17.4 Å². The Morgan fingerprint density at radius 3 is 2.72 bits per heavy atom. The summed E-state index contributed by atoms with van der Waals surface area (Å²) in [4.78, 5) is 16.2. The van der Waals surface area contributed by atoms with Gasteiger partial charge in [0.25, 0.3) is 0 Å². The zero-order valence-electron chi connectivity index (χ0n) is 14.5. The van der Waals surface area contributed by atoms with Gasteiger partial charge in [0.2, 0.25) is 0 Å². The molecule has 3 aliphatic rings. The Balaban J connectivity index is 1.81. The fourth-order valence-electron chi connectivity index (χ4n) is 4.56. The highest BCUT2D eigenvalue weighted by molar-refractivity contribution is 6.18. The van der Waals surface area contributed by atoms with Gasteiger partial charge in [-0.3, -0.25) is 4.57 Å². The molecular weight excluding hydrogens is 346 g/mol. The van der Waals surface area contributed by atoms with Crippen molar-refractivity contribution in [3.05, 3.63) is 22.7 Å². The molecule has 2 saturated heterocycles. The van der Waals surface area contributed by atoms with Crippen molar-refractivity contribution in [2.24, 2.45) is 0 Å². The van der Waals surface area contributed by atoms with Crippen LogP contribution in [0.15, 0.2) is 17.1 Å². The van der Waals surface area contributed by atoms with Crippen LogP contribution in [0.2, 0.25) is 0 Å². The second kappa shape index (κ2) is 5.67. The van der Waals surface area contributed by atoms with Crippen molar-refractivity contribution in [2.45, 2.75) is 75.3 Å². The fraction of sp³-hybridized carbons (Fsp3) is 0.765. The summed E-state index contributed by atoms with van der Waals surface area (Å²) >= 11 is 6.32. The minimum atomic E-state index is -0.823. The first-order valence-electron chi connectivity index (χ1n) is 8.84.